The predicted octanol–water partition coefficient (Wildman–Crippen LogP) is 3.48. The van der Waals surface area contributed by atoms with Gasteiger partial charge in [-0.1, -0.05) is 25.8 Å². The molecule has 0 radical (unpaired) electrons. The van der Waals surface area contributed by atoms with Crippen molar-refractivity contribution in [2.45, 2.75) is 70.1 Å². The molecule has 2 aliphatic rings. The van der Waals surface area contributed by atoms with Crippen LogP contribution < -0.4 is 0 Å². The third kappa shape index (κ3) is 3.32. The number of amides is 1. The predicted molar refractivity (Wildman–Crippen MR) is 85.3 cm³/mol. The Hall–Kier alpha value is -1.42. The molecule has 1 saturated heterocycles. The first-order valence-electron chi connectivity index (χ1n) is 8.65. The first-order chi connectivity index (χ1) is 10.8. The van der Waals surface area contributed by atoms with E-state index >= 15 is 0 Å². The van der Waals surface area contributed by atoms with E-state index in [1.54, 1.807) is 6.20 Å². The molecule has 120 valence electrons. The SMILES string of the molecule is CC[C@@H](OC1CCCC1)C(=O)N1CCC[C@@H]1c1cccnc1. The maximum absolute atomic E-state index is 12.9. The molecule has 1 saturated carbocycles. The minimum absolute atomic E-state index is 0.167. The molecule has 0 bridgehead atoms. The minimum Gasteiger partial charge on any atom is -0.365 e. The molecule has 22 heavy (non-hydrogen) atoms. The largest absolute Gasteiger partial charge is 0.365 e. The lowest BCUT2D eigenvalue weighted by molar-refractivity contribution is -0.148. The van der Waals surface area contributed by atoms with Crippen molar-refractivity contribution in [1.82, 2.24) is 9.88 Å². The van der Waals surface area contributed by atoms with Gasteiger partial charge in [0.15, 0.2) is 0 Å². The van der Waals surface area contributed by atoms with Gasteiger partial charge < -0.3 is 9.64 Å². The van der Waals surface area contributed by atoms with Gasteiger partial charge in [-0.05, 0) is 43.7 Å². The van der Waals surface area contributed by atoms with E-state index in [9.17, 15) is 4.79 Å². The number of hydrogen-bond donors (Lipinski definition) is 0. The average molecular weight is 302 g/mol. The van der Waals surface area contributed by atoms with Crippen molar-refractivity contribution in [3.63, 3.8) is 0 Å². The molecule has 2 atom stereocenters. The molecule has 0 N–H and O–H groups in total. The van der Waals surface area contributed by atoms with E-state index in [1.165, 1.54) is 12.8 Å². The van der Waals surface area contributed by atoms with Crippen molar-refractivity contribution in [2.24, 2.45) is 0 Å². The molecule has 2 heterocycles. The Morgan fingerprint density at radius 3 is 2.86 bits per heavy atom. The van der Waals surface area contributed by atoms with Crippen LogP contribution in [0.3, 0.4) is 0 Å². The Labute approximate surface area is 132 Å². The first kappa shape index (κ1) is 15.5. The molecule has 0 spiro atoms. The first-order valence-corrected chi connectivity index (χ1v) is 8.65. The van der Waals surface area contributed by atoms with E-state index in [4.69, 9.17) is 4.74 Å². The fourth-order valence-electron chi connectivity index (χ4n) is 3.72. The van der Waals surface area contributed by atoms with Crippen LogP contribution in [0.2, 0.25) is 0 Å². The highest BCUT2D eigenvalue weighted by atomic mass is 16.5. The van der Waals surface area contributed by atoms with Gasteiger partial charge in [0.1, 0.15) is 6.10 Å². The molecule has 1 amide bonds. The highest BCUT2D eigenvalue weighted by Crippen LogP contribution is 2.33. The summed E-state index contributed by atoms with van der Waals surface area (Å²) < 4.78 is 6.11. The lowest BCUT2D eigenvalue weighted by atomic mass is 10.1. The zero-order valence-electron chi connectivity index (χ0n) is 13.4. The summed E-state index contributed by atoms with van der Waals surface area (Å²) in [5, 5.41) is 0. The van der Waals surface area contributed by atoms with E-state index < -0.39 is 0 Å². The number of hydrogen-bond acceptors (Lipinski definition) is 3. The van der Waals surface area contributed by atoms with Crippen LogP contribution in [0.5, 0.6) is 0 Å². The fourth-order valence-corrected chi connectivity index (χ4v) is 3.72. The van der Waals surface area contributed by atoms with Gasteiger partial charge in [-0.15, -0.1) is 0 Å². The molecule has 4 heteroatoms. The van der Waals surface area contributed by atoms with Crippen molar-refractivity contribution in [2.75, 3.05) is 6.54 Å². The Morgan fingerprint density at radius 2 is 2.18 bits per heavy atom. The molecule has 2 fully saturated rings. The normalized spacial score (nSPS) is 23.9. The van der Waals surface area contributed by atoms with Crippen molar-refractivity contribution in [3.8, 4) is 0 Å². The summed E-state index contributed by atoms with van der Waals surface area (Å²) in [4.78, 5) is 19.1. The maximum Gasteiger partial charge on any atom is 0.252 e. The van der Waals surface area contributed by atoms with Crippen molar-refractivity contribution >= 4 is 5.91 Å². The molecule has 4 nitrogen and oxygen atoms in total. The molecular formula is C18H26N2O2. The van der Waals surface area contributed by atoms with E-state index in [0.29, 0.717) is 0 Å². The molecule has 0 unspecified atom stereocenters. The summed E-state index contributed by atoms with van der Waals surface area (Å²) in [7, 11) is 0. The van der Waals surface area contributed by atoms with Crippen LogP contribution in [0.4, 0.5) is 0 Å². The Kier molecular flexibility index (Phi) is 5.08. The van der Waals surface area contributed by atoms with Crippen LogP contribution in [0, 0.1) is 0 Å². The molecule has 1 aliphatic carbocycles. The summed E-state index contributed by atoms with van der Waals surface area (Å²) in [6.07, 6.45) is 11.2. The second-order valence-electron chi connectivity index (χ2n) is 6.42. The van der Waals surface area contributed by atoms with Gasteiger partial charge in [0.2, 0.25) is 0 Å². The third-order valence-corrected chi connectivity index (χ3v) is 4.91. The highest BCUT2D eigenvalue weighted by Gasteiger charge is 2.35. The number of rotatable bonds is 5. The lowest BCUT2D eigenvalue weighted by Crippen LogP contribution is -2.41. The van der Waals surface area contributed by atoms with Crippen LogP contribution >= 0.6 is 0 Å². The standard InChI is InChI=1S/C18H26N2O2/c1-2-17(22-15-8-3-4-9-15)18(21)20-12-6-10-16(20)14-7-5-11-19-13-14/h5,7,11,13,15-17H,2-4,6,8-10,12H2,1H3/t16-,17-/m1/s1. The van der Waals surface area contributed by atoms with E-state index in [1.807, 2.05) is 24.1 Å². The van der Waals surface area contributed by atoms with Gasteiger partial charge in [-0.2, -0.15) is 0 Å². The molecule has 1 aromatic rings. The topological polar surface area (TPSA) is 42.4 Å². The van der Waals surface area contributed by atoms with E-state index in [0.717, 1.165) is 44.2 Å². The number of aromatic nitrogens is 1. The van der Waals surface area contributed by atoms with Gasteiger partial charge >= 0.3 is 0 Å². The summed E-state index contributed by atoms with van der Waals surface area (Å²) in [6.45, 7) is 2.88. The zero-order chi connectivity index (χ0) is 15.4. The van der Waals surface area contributed by atoms with Crippen LogP contribution in [0.25, 0.3) is 0 Å². The van der Waals surface area contributed by atoms with Crippen molar-refractivity contribution in [3.05, 3.63) is 30.1 Å². The van der Waals surface area contributed by atoms with Crippen LogP contribution in [0.15, 0.2) is 24.5 Å². The summed E-state index contributed by atoms with van der Waals surface area (Å²) >= 11 is 0. The molecule has 0 aromatic carbocycles. The molecule has 3 rings (SSSR count). The van der Waals surface area contributed by atoms with Crippen LogP contribution in [-0.2, 0) is 9.53 Å². The number of carbonyl (C=O) groups excluding carboxylic acids is 1. The van der Waals surface area contributed by atoms with Gasteiger partial charge in [-0.25, -0.2) is 0 Å². The Morgan fingerprint density at radius 1 is 1.36 bits per heavy atom. The monoisotopic (exact) mass is 302 g/mol. The van der Waals surface area contributed by atoms with Gasteiger partial charge in [0, 0.05) is 18.9 Å². The quantitative estimate of drug-likeness (QED) is 0.836. The fraction of sp³-hybridized carbons (Fsp3) is 0.667. The third-order valence-electron chi connectivity index (χ3n) is 4.91. The lowest BCUT2D eigenvalue weighted by Gasteiger charge is -2.30. The number of carbonyl (C=O) groups is 1. The van der Waals surface area contributed by atoms with Crippen LogP contribution in [0.1, 0.15) is 63.5 Å². The summed E-state index contributed by atoms with van der Waals surface area (Å²) in [5.74, 6) is 0.167. The Balaban J connectivity index is 1.68. The molecule has 1 aromatic heterocycles. The average Bonchev–Trinajstić information content (AvgIpc) is 3.24. The second kappa shape index (κ2) is 7.23. The zero-order valence-corrected chi connectivity index (χ0v) is 13.4. The second-order valence-corrected chi connectivity index (χ2v) is 6.42. The van der Waals surface area contributed by atoms with E-state index in [-0.39, 0.29) is 24.2 Å². The molecular weight excluding hydrogens is 276 g/mol. The van der Waals surface area contributed by atoms with Crippen molar-refractivity contribution in [1.29, 1.82) is 0 Å². The van der Waals surface area contributed by atoms with Gasteiger partial charge in [0.25, 0.3) is 5.91 Å². The van der Waals surface area contributed by atoms with Gasteiger partial charge in [0.05, 0.1) is 12.1 Å². The highest BCUT2D eigenvalue weighted by molar-refractivity contribution is 5.81. The smallest absolute Gasteiger partial charge is 0.252 e. The number of ether oxygens (including phenoxy) is 1. The van der Waals surface area contributed by atoms with Gasteiger partial charge in [-0.3, -0.25) is 9.78 Å². The number of pyridine rings is 1. The maximum atomic E-state index is 12.9. The number of nitrogens with zero attached hydrogens (tertiary/aromatic N) is 2. The summed E-state index contributed by atoms with van der Waals surface area (Å²) in [5.41, 5.74) is 1.14. The van der Waals surface area contributed by atoms with Crippen molar-refractivity contribution < 1.29 is 9.53 Å². The minimum atomic E-state index is -0.277. The molecule has 1 aliphatic heterocycles. The van der Waals surface area contributed by atoms with E-state index in [2.05, 4.69) is 11.1 Å². The summed E-state index contributed by atoms with van der Waals surface area (Å²) in [6, 6.07) is 4.19. The van der Waals surface area contributed by atoms with Crippen LogP contribution in [-0.4, -0.2) is 34.5 Å². The Bertz CT molecular complexity index is 485. The number of likely N-dealkylation sites (tertiary alicyclic amines) is 1.